The van der Waals surface area contributed by atoms with Crippen LogP contribution in [0.4, 0.5) is 20.6 Å². The van der Waals surface area contributed by atoms with E-state index in [1.54, 1.807) is 18.2 Å². The molecule has 0 bridgehead atoms. The van der Waals surface area contributed by atoms with E-state index in [4.69, 9.17) is 0 Å². The number of amides is 4. The molecule has 6 nitrogen and oxygen atoms in total. The van der Waals surface area contributed by atoms with Crippen LogP contribution in [0.25, 0.3) is 6.08 Å². The number of nitrogens with one attached hydrogen (secondary N) is 1. The maximum atomic E-state index is 15.3. The van der Waals surface area contributed by atoms with Gasteiger partial charge in [0, 0.05) is 23.3 Å². The number of anilines is 2. The smallest absolute Gasteiger partial charge is 0.335 e. The van der Waals surface area contributed by atoms with Crippen LogP contribution < -0.4 is 15.1 Å². The van der Waals surface area contributed by atoms with Crippen LogP contribution in [0.3, 0.4) is 0 Å². The normalized spacial score (nSPS) is 21.1. The molecule has 2 heterocycles. The Morgan fingerprint density at radius 1 is 1.12 bits per heavy atom. The molecule has 2 aromatic rings. The number of carbonyl (C=O) groups excluding carboxylic acids is 3. The van der Waals surface area contributed by atoms with E-state index in [1.807, 2.05) is 26.0 Å². The van der Waals surface area contributed by atoms with E-state index in [-0.39, 0.29) is 22.6 Å². The molecule has 2 aromatic carbocycles. The van der Waals surface area contributed by atoms with E-state index < -0.39 is 23.7 Å². The standard InChI is InChI=1S/C27H30FN3O3/c1-6-17-8-10-19(11-9-17)31-25(33)21(24(32)29-26(31)34)13-18-12-20-16(3)15-27(4,5)30(7-2)23(20)14-22(18)28/h8-14,16H,6-7,15H2,1-5H3,(H,29,32,34)/b21-13-. The third-order valence-corrected chi connectivity index (χ3v) is 6.82. The first-order valence-corrected chi connectivity index (χ1v) is 11.7. The van der Waals surface area contributed by atoms with Gasteiger partial charge in [0.25, 0.3) is 11.8 Å². The Balaban J connectivity index is 1.75. The number of barbiturate groups is 1. The SMILES string of the molecule is CCc1ccc(N2C(=O)NC(=O)/C(=C/c3cc4c(cc3F)N(CC)C(C)(C)CC4C)C2=O)cc1. The molecule has 1 atom stereocenters. The van der Waals surface area contributed by atoms with Gasteiger partial charge in [0.1, 0.15) is 11.4 Å². The van der Waals surface area contributed by atoms with Crippen molar-refractivity contribution >= 4 is 35.3 Å². The molecule has 1 fully saturated rings. The molecule has 34 heavy (non-hydrogen) atoms. The fourth-order valence-corrected chi connectivity index (χ4v) is 5.16. The Morgan fingerprint density at radius 3 is 2.41 bits per heavy atom. The zero-order valence-electron chi connectivity index (χ0n) is 20.2. The molecular formula is C27H30FN3O3. The van der Waals surface area contributed by atoms with E-state index in [2.05, 4.69) is 31.0 Å². The minimum atomic E-state index is -0.835. The van der Waals surface area contributed by atoms with Crippen LogP contribution in [0.15, 0.2) is 42.0 Å². The van der Waals surface area contributed by atoms with E-state index >= 15 is 4.39 Å². The van der Waals surface area contributed by atoms with E-state index in [0.29, 0.717) is 5.69 Å². The largest absolute Gasteiger partial charge is 0.366 e. The third kappa shape index (κ3) is 4.00. The van der Waals surface area contributed by atoms with E-state index in [1.165, 1.54) is 12.1 Å². The predicted octanol–water partition coefficient (Wildman–Crippen LogP) is 5.17. The molecule has 1 unspecified atom stereocenters. The zero-order chi connectivity index (χ0) is 24.8. The summed E-state index contributed by atoms with van der Waals surface area (Å²) < 4.78 is 15.3. The molecule has 1 saturated heterocycles. The van der Waals surface area contributed by atoms with Crippen LogP contribution in [0.5, 0.6) is 0 Å². The molecule has 1 N–H and O–H groups in total. The van der Waals surface area contributed by atoms with Gasteiger partial charge in [0.2, 0.25) is 0 Å². The summed E-state index contributed by atoms with van der Waals surface area (Å²) in [6.45, 7) is 11.2. The van der Waals surface area contributed by atoms with Crippen molar-refractivity contribution < 1.29 is 18.8 Å². The number of aryl methyl sites for hydroxylation is 1. The Kier molecular flexibility index (Phi) is 6.06. The van der Waals surface area contributed by atoms with Crippen molar-refractivity contribution in [2.75, 3.05) is 16.3 Å². The number of rotatable bonds is 4. The molecule has 0 aromatic heterocycles. The molecule has 0 saturated carbocycles. The number of carbonyl (C=O) groups is 3. The van der Waals surface area contributed by atoms with Crippen LogP contribution >= 0.6 is 0 Å². The fraction of sp³-hybridized carbons (Fsp3) is 0.370. The van der Waals surface area contributed by atoms with Crippen LogP contribution in [0.2, 0.25) is 0 Å². The quantitative estimate of drug-likeness (QED) is 0.502. The van der Waals surface area contributed by atoms with Gasteiger partial charge >= 0.3 is 6.03 Å². The highest BCUT2D eigenvalue weighted by molar-refractivity contribution is 6.39. The molecule has 4 rings (SSSR count). The molecular weight excluding hydrogens is 433 g/mol. The van der Waals surface area contributed by atoms with Gasteiger partial charge in [-0.1, -0.05) is 26.0 Å². The lowest BCUT2D eigenvalue weighted by Gasteiger charge is -2.47. The summed E-state index contributed by atoms with van der Waals surface area (Å²) in [5, 5.41) is 2.20. The summed E-state index contributed by atoms with van der Waals surface area (Å²) in [6.07, 6.45) is 2.95. The monoisotopic (exact) mass is 463 g/mol. The van der Waals surface area contributed by atoms with Crippen LogP contribution in [-0.2, 0) is 16.0 Å². The fourth-order valence-electron chi connectivity index (χ4n) is 5.16. The number of hydrogen-bond donors (Lipinski definition) is 1. The van der Waals surface area contributed by atoms with Crippen LogP contribution in [0.1, 0.15) is 63.6 Å². The summed E-state index contributed by atoms with van der Waals surface area (Å²) >= 11 is 0. The summed E-state index contributed by atoms with van der Waals surface area (Å²) in [4.78, 5) is 41.3. The first kappa shape index (κ1) is 23.7. The van der Waals surface area contributed by atoms with Gasteiger partial charge in [-0.15, -0.1) is 0 Å². The lowest BCUT2D eigenvalue weighted by molar-refractivity contribution is -0.122. The van der Waals surface area contributed by atoms with Crippen molar-refractivity contribution in [1.29, 1.82) is 0 Å². The zero-order valence-corrected chi connectivity index (χ0v) is 20.2. The highest BCUT2D eigenvalue weighted by Gasteiger charge is 2.38. The molecule has 178 valence electrons. The van der Waals surface area contributed by atoms with Gasteiger partial charge in [0.15, 0.2) is 0 Å². The van der Waals surface area contributed by atoms with Crippen molar-refractivity contribution in [2.24, 2.45) is 0 Å². The maximum Gasteiger partial charge on any atom is 0.335 e. The van der Waals surface area contributed by atoms with Crippen molar-refractivity contribution in [3.63, 3.8) is 0 Å². The molecule has 4 amide bonds. The van der Waals surface area contributed by atoms with E-state index in [9.17, 15) is 14.4 Å². The van der Waals surface area contributed by atoms with Gasteiger partial charge in [-0.25, -0.2) is 14.1 Å². The van der Waals surface area contributed by atoms with Crippen LogP contribution in [-0.4, -0.2) is 29.9 Å². The number of nitrogens with zero attached hydrogens (tertiary/aromatic N) is 2. The lowest BCUT2D eigenvalue weighted by Crippen LogP contribution is -2.54. The summed E-state index contributed by atoms with van der Waals surface area (Å²) in [6, 6.07) is 9.34. The molecule has 0 radical (unpaired) electrons. The summed E-state index contributed by atoms with van der Waals surface area (Å²) in [5.41, 5.74) is 2.96. The molecule has 7 heteroatoms. The number of urea groups is 1. The number of benzene rings is 2. The topological polar surface area (TPSA) is 69.7 Å². The highest BCUT2D eigenvalue weighted by Crippen LogP contribution is 2.44. The second-order valence-electron chi connectivity index (χ2n) is 9.57. The molecule has 2 aliphatic rings. The van der Waals surface area contributed by atoms with Gasteiger partial charge in [0.05, 0.1) is 5.69 Å². The number of imide groups is 2. The first-order valence-electron chi connectivity index (χ1n) is 11.7. The number of halogens is 1. The molecule has 2 aliphatic heterocycles. The Labute approximate surface area is 199 Å². The van der Waals surface area contributed by atoms with Crippen molar-refractivity contribution in [1.82, 2.24) is 5.32 Å². The Morgan fingerprint density at radius 2 is 1.79 bits per heavy atom. The van der Waals surface area contributed by atoms with Gasteiger partial charge < -0.3 is 4.90 Å². The van der Waals surface area contributed by atoms with Gasteiger partial charge in [-0.2, -0.15) is 0 Å². The third-order valence-electron chi connectivity index (χ3n) is 6.82. The van der Waals surface area contributed by atoms with Crippen LogP contribution in [0, 0.1) is 5.82 Å². The van der Waals surface area contributed by atoms with E-state index in [0.717, 1.165) is 41.1 Å². The highest BCUT2D eigenvalue weighted by atomic mass is 19.1. The lowest BCUT2D eigenvalue weighted by atomic mass is 9.79. The Bertz CT molecular complexity index is 1200. The van der Waals surface area contributed by atoms with Crippen molar-refractivity contribution in [3.05, 3.63) is 64.5 Å². The van der Waals surface area contributed by atoms with Gasteiger partial charge in [-0.05, 0) is 81.0 Å². The predicted molar refractivity (Wildman–Crippen MR) is 131 cm³/mol. The number of hydrogen-bond acceptors (Lipinski definition) is 4. The maximum absolute atomic E-state index is 15.3. The summed E-state index contributed by atoms with van der Waals surface area (Å²) in [5.74, 6) is -1.96. The van der Waals surface area contributed by atoms with Gasteiger partial charge in [-0.3, -0.25) is 14.9 Å². The minimum Gasteiger partial charge on any atom is -0.366 e. The Hall–Kier alpha value is -3.48. The van der Waals surface area contributed by atoms with Crippen molar-refractivity contribution in [3.8, 4) is 0 Å². The molecule has 0 aliphatic carbocycles. The number of fused-ring (bicyclic) bond motifs is 1. The van der Waals surface area contributed by atoms with Crippen molar-refractivity contribution in [2.45, 2.75) is 58.9 Å². The first-order chi connectivity index (χ1) is 16.1. The second-order valence-corrected chi connectivity index (χ2v) is 9.57. The average molecular weight is 464 g/mol. The average Bonchev–Trinajstić information content (AvgIpc) is 2.77. The molecule has 0 spiro atoms. The minimum absolute atomic E-state index is 0.110. The second kappa shape index (κ2) is 8.70. The summed E-state index contributed by atoms with van der Waals surface area (Å²) in [7, 11) is 0.